The van der Waals surface area contributed by atoms with Crippen molar-refractivity contribution in [2.45, 2.75) is 164 Å². The van der Waals surface area contributed by atoms with Crippen molar-refractivity contribution in [3.05, 3.63) is 102 Å². The lowest BCUT2D eigenvalue weighted by molar-refractivity contribution is -0.138. The minimum atomic E-state index is -2.03. The number of hydrogen-bond donors (Lipinski definition) is 23. The van der Waals surface area contributed by atoms with Crippen LogP contribution in [0.4, 0.5) is 0 Å². The molecule has 0 unspecified atom stereocenters. The number of nitrogens with one attached hydrogen (secondary N) is 15. The number of nitrogens with two attached hydrogens (primary N) is 5. The molecule has 6 rings (SSSR count). The van der Waals surface area contributed by atoms with Crippen molar-refractivity contribution in [3.63, 3.8) is 0 Å². The number of phenolic OH excluding ortho intramolecular Hbond substituents is 1. The summed E-state index contributed by atoms with van der Waals surface area (Å²) in [4.78, 5) is 217. The van der Waals surface area contributed by atoms with Crippen molar-refractivity contribution in [1.29, 1.82) is 5.41 Å². The summed E-state index contributed by atoms with van der Waals surface area (Å²) in [6, 6.07) is -0.321. The molecule has 1 fully saturated rings. The van der Waals surface area contributed by atoms with Gasteiger partial charge in [-0.1, -0.05) is 68.8 Å². The predicted octanol–water partition coefficient (Wildman–Crippen LogP) is -5.96. The fourth-order valence-corrected chi connectivity index (χ4v) is 12.4. The first kappa shape index (κ1) is 85.1. The summed E-state index contributed by atoms with van der Waals surface area (Å²) in [5, 5.41) is 70.4. The van der Waals surface area contributed by atoms with Crippen LogP contribution < -0.4 is 92.5 Å². The third-order valence-corrected chi connectivity index (χ3v) is 18.7. The molecule has 39 heteroatoms. The zero-order valence-corrected chi connectivity index (χ0v) is 60.3. The number of aliphatic hydroxyl groups excluding tert-OH is 2. The molecule has 0 bridgehead atoms. The quantitative estimate of drug-likeness (QED) is 0.0164. The first-order chi connectivity index (χ1) is 51.2. The number of carbonyl (C=O) groups excluding carboxylic acids is 15. The second kappa shape index (κ2) is 41.1. The third kappa shape index (κ3) is 26.0. The Morgan fingerprint density at radius 3 is 1.44 bits per heavy atom. The summed E-state index contributed by atoms with van der Waals surface area (Å²) in [5.41, 5.74) is 30.4. The van der Waals surface area contributed by atoms with E-state index in [-0.39, 0.29) is 50.8 Å². The number of aromatic amines is 2. The number of aromatic nitrogens is 2. The van der Waals surface area contributed by atoms with Gasteiger partial charge in [0.15, 0.2) is 5.96 Å². The van der Waals surface area contributed by atoms with Crippen LogP contribution in [0.2, 0.25) is 0 Å². The molecule has 15 amide bonds. The standard InChI is InChI=1S/C69H94N20O18S/c1-4-33(2)56-67(106)85-49(27-54(72)95)65(104)83-47(25-36-28-77-41-12-7-5-10-39(36)41)64(103)87-51(58(73)97)31-108-32-55(96)79-46(24-35-15-17-38(92)18-16-35)62(101)82-44(19-21-52(70)93)59(98)81-45(20-22-53(71)94)60(99)86-50(30-90)66(105)89-57(34(3)91)68(107)84-48(26-37-29-78-42-13-8-6-11-40(37)42)63(102)80-43(61(100)88-56)14-9-23-76-69(74)75/h5-8,10-13,15-18,28-29,33-34,43-51,56-57,77-78,90-92H,4,9,14,19-27,30-32H2,1-3H3,(H2,70,93)(H2,71,94)(H2,72,95)(H2,73,97)(H,79,96)(H,80,102)(H,81,98)(H,82,101)(H,83,104)(H,84,107)(H,85,106)(H,86,99)(H,87,103)(H,88,100)(H,89,105)(H4,74,75,76)/t33-,34+,43-,44-,45-,46-,47-,48-,49-,50-,51-,56-,57-/m0/s1. The molecule has 5 aromatic rings. The van der Waals surface area contributed by atoms with E-state index in [9.17, 15) is 82.4 Å². The van der Waals surface area contributed by atoms with Crippen LogP contribution in [-0.2, 0) is 91.2 Å². The normalized spacial score (nSPS) is 23.4. The van der Waals surface area contributed by atoms with Crippen LogP contribution in [0.3, 0.4) is 0 Å². The lowest BCUT2D eigenvalue weighted by Gasteiger charge is -2.30. The molecule has 108 heavy (non-hydrogen) atoms. The number of primary amides is 4. The summed E-state index contributed by atoms with van der Waals surface area (Å²) >= 11 is 0.730. The van der Waals surface area contributed by atoms with E-state index in [1.807, 2.05) is 0 Å². The molecule has 0 spiro atoms. The molecule has 584 valence electrons. The van der Waals surface area contributed by atoms with Crippen LogP contribution in [-0.4, -0.2) is 217 Å². The summed E-state index contributed by atoms with van der Waals surface area (Å²) in [6.45, 7) is 3.02. The topological polar surface area (TPSA) is 647 Å². The Labute approximate surface area is 622 Å². The molecule has 0 radical (unpaired) electrons. The van der Waals surface area contributed by atoms with E-state index in [4.69, 9.17) is 34.1 Å². The SMILES string of the molecule is CC[C@H](C)[C@@H]1NC(=O)[C@H](CCCNC(=N)N)NC(=O)[C@H](Cc2c[nH]c3ccccc23)NC(=O)[C@H]([C@@H](C)O)NC(=O)[C@H](CO)NC(=O)[C@H](CCC(N)=O)NC(=O)[C@H](CCC(N)=O)NC(=O)[C@H](Cc2ccc(O)cc2)NC(=O)CSC[C@@H](C(N)=O)NC(=O)[C@H](Cc2c[nH]c3ccccc23)NC(=O)[C@H](CC(N)=O)NC1=O. The van der Waals surface area contributed by atoms with Gasteiger partial charge < -0.3 is 118 Å². The number of para-hydroxylation sites is 2. The average Bonchev–Trinajstić information content (AvgIpc) is 1.69. The zero-order chi connectivity index (χ0) is 79.5. The molecule has 0 aliphatic carbocycles. The molecule has 38 nitrogen and oxygen atoms in total. The number of guanidine groups is 1. The molecule has 28 N–H and O–H groups in total. The van der Waals surface area contributed by atoms with Crippen molar-refractivity contribution in [2.24, 2.45) is 34.6 Å². The van der Waals surface area contributed by atoms with Crippen LogP contribution in [0.1, 0.15) is 88.8 Å². The third-order valence-electron chi connectivity index (χ3n) is 17.6. The van der Waals surface area contributed by atoms with Gasteiger partial charge in [-0.25, -0.2) is 0 Å². The molecular weight excluding hydrogens is 1430 g/mol. The van der Waals surface area contributed by atoms with Crippen LogP contribution in [0.5, 0.6) is 5.75 Å². The van der Waals surface area contributed by atoms with Crippen LogP contribution >= 0.6 is 11.8 Å². The van der Waals surface area contributed by atoms with Gasteiger partial charge in [0.25, 0.3) is 0 Å². The molecule has 3 heterocycles. The Morgan fingerprint density at radius 2 is 0.944 bits per heavy atom. The summed E-state index contributed by atoms with van der Waals surface area (Å²) < 4.78 is 0. The average molecular weight is 1520 g/mol. The van der Waals surface area contributed by atoms with Gasteiger partial charge in [0.2, 0.25) is 88.6 Å². The maximum atomic E-state index is 15.0. The molecular formula is C69H94N20O18S. The second-order valence-corrected chi connectivity index (χ2v) is 27.0. The monoisotopic (exact) mass is 1520 g/mol. The Bertz CT molecular complexity index is 4100. The van der Waals surface area contributed by atoms with Gasteiger partial charge in [-0.15, -0.1) is 11.8 Å². The highest BCUT2D eigenvalue weighted by molar-refractivity contribution is 8.00. The highest BCUT2D eigenvalue weighted by atomic mass is 32.2. The van der Waals surface area contributed by atoms with E-state index in [2.05, 4.69) is 73.8 Å². The van der Waals surface area contributed by atoms with Gasteiger partial charge in [-0.2, -0.15) is 0 Å². The van der Waals surface area contributed by atoms with Gasteiger partial charge in [-0.3, -0.25) is 77.3 Å². The van der Waals surface area contributed by atoms with Gasteiger partial charge in [0, 0.05) is 78.6 Å². The highest BCUT2D eigenvalue weighted by Crippen LogP contribution is 2.23. The van der Waals surface area contributed by atoms with Gasteiger partial charge in [0.1, 0.15) is 72.2 Å². The number of benzene rings is 3. The van der Waals surface area contributed by atoms with Crippen molar-refractivity contribution >= 4 is 128 Å². The largest absolute Gasteiger partial charge is 0.508 e. The lowest BCUT2D eigenvalue weighted by Crippen LogP contribution is -2.63. The number of rotatable bonds is 23. The number of thioether (sulfide) groups is 1. The number of phenols is 1. The van der Waals surface area contributed by atoms with Gasteiger partial charge in [0.05, 0.1) is 24.9 Å². The fraction of sp³-hybridized carbons (Fsp3) is 0.449. The summed E-state index contributed by atoms with van der Waals surface area (Å²) in [6.07, 6.45) is -3.13. The fourth-order valence-electron chi connectivity index (χ4n) is 11.5. The number of amides is 15. The van der Waals surface area contributed by atoms with E-state index >= 15 is 4.79 Å². The molecule has 3 aromatic carbocycles. The van der Waals surface area contributed by atoms with Crippen molar-refractivity contribution in [2.75, 3.05) is 24.7 Å². The molecule has 1 aliphatic rings. The van der Waals surface area contributed by atoms with E-state index in [1.54, 1.807) is 68.6 Å². The second-order valence-electron chi connectivity index (χ2n) is 26.0. The maximum absolute atomic E-state index is 15.0. The highest BCUT2D eigenvalue weighted by Gasteiger charge is 2.39. The number of aromatic hydroxyl groups is 1. The number of fused-ring (bicyclic) bond motifs is 2. The van der Waals surface area contributed by atoms with Crippen LogP contribution in [0.15, 0.2) is 85.2 Å². The molecule has 2 aromatic heterocycles. The molecule has 0 saturated carbocycles. The maximum Gasteiger partial charge on any atom is 0.245 e. The number of aliphatic hydroxyl groups is 2. The first-order valence-electron chi connectivity index (χ1n) is 34.6. The van der Waals surface area contributed by atoms with E-state index < -0.39 is 223 Å². The number of hydrogen-bond acceptors (Lipinski definition) is 20. The first-order valence-corrected chi connectivity index (χ1v) is 35.7. The Kier molecular flexibility index (Phi) is 32.4. The van der Waals surface area contributed by atoms with Gasteiger partial charge >= 0.3 is 0 Å². The van der Waals surface area contributed by atoms with Crippen LogP contribution in [0.25, 0.3) is 21.8 Å². The van der Waals surface area contributed by atoms with Crippen LogP contribution in [0, 0.1) is 11.3 Å². The Hall–Kier alpha value is -11.9. The number of H-pyrrole nitrogens is 2. The predicted molar refractivity (Wildman–Crippen MR) is 392 cm³/mol. The van der Waals surface area contributed by atoms with Crippen molar-refractivity contribution < 1.29 is 87.2 Å². The Morgan fingerprint density at radius 1 is 0.519 bits per heavy atom. The lowest BCUT2D eigenvalue weighted by atomic mass is 9.96. The molecule has 13 atom stereocenters. The molecule has 1 saturated heterocycles. The summed E-state index contributed by atoms with van der Waals surface area (Å²) in [7, 11) is 0. The summed E-state index contributed by atoms with van der Waals surface area (Å²) in [5.74, 6) is -19.1. The number of carbonyl (C=O) groups is 15. The van der Waals surface area contributed by atoms with E-state index in [0.717, 1.165) is 18.7 Å². The van der Waals surface area contributed by atoms with Crippen molar-refractivity contribution in [1.82, 2.24) is 73.8 Å². The van der Waals surface area contributed by atoms with Crippen molar-refractivity contribution in [3.8, 4) is 5.75 Å². The minimum Gasteiger partial charge on any atom is -0.508 e. The van der Waals surface area contributed by atoms with E-state index in [1.165, 1.54) is 30.5 Å². The zero-order valence-electron chi connectivity index (χ0n) is 59.5. The smallest absolute Gasteiger partial charge is 0.245 e. The van der Waals surface area contributed by atoms with Gasteiger partial charge in [-0.05, 0) is 79.5 Å². The minimum absolute atomic E-state index is 0.00117. The van der Waals surface area contributed by atoms with E-state index in [0.29, 0.717) is 38.5 Å². The Balaban J connectivity index is 1.45. The molecule has 1 aliphatic heterocycles.